The van der Waals surface area contributed by atoms with Crippen LogP contribution >= 0.6 is 0 Å². The summed E-state index contributed by atoms with van der Waals surface area (Å²) in [6.45, 7) is 0. The summed E-state index contributed by atoms with van der Waals surface area (Å²) in [5.74, 6) is -2.39. The smallest absolute Gasteiger partial charge is 0.336 e. The maximum absolute atomic E-state index is 14.2. The summed E-state index contributed by atoms with van der Waals surface area (Å²) in [5.41, 5.74) is 0.199. The van der Waals surface area contributed by atoms with Crippen LogP contribution in [0.25, 0.3) is 22.4 Å². The SMILES string of the molecule is O=C(O)c1ccnc(-c2ccccc2F)c1-c1ccccc1F. The third kappa shape index (κ3) is 2.68. The Hall–Kier alpha value is -3.08. The van der Waals surface area contributed by atoms with Gasteiger partial charge in [-0.2, -0.15) is 0 Å². The summed E-state index contributed by atoms with van der Waals surface area (Å²) in [4.78, 5) is 15.6. The number of nitrogens with zero attached hydrogens (tertiary/aromatic N) is 1. The lowest BCUT2D eigenvalue weighted by Crippen LogP contribution is -2.04. The van der Waals surface area contributed by atoms with E-state index in [0.717, 1.165) is 0 Å². The second-order valence-electron chi connectivity index (χ2n) is 4.85. The highest BCUT2D eigenvalue weighted by Crippen LogP contribution is 2.35. The molecule has 1 N–H and O–H groups in total. The number of carboxylic acid groups (broad SMARTS) is 1. The molecule has 0 aliphatic carbocycles. The summed E-state index contributed by atoms with van der Waals surface area (Å²) in [6.07, 6.45) is 1.27. The lowest BCUT2D eigenvalue weighted by atomic mass is 9.94. The summed E-state index contributed by atoms with van der Waals surface area (Å²) in [7, 11) is 0. The van der Waals surface area contributed by atoms with Gasteiger partial charge in [0.15, 0.2) is 0 Å². The van der Waals surface area contributed by atoms with Crippen LogP contribution in [-0.2, 0) is 0 Å². The van der Waals surface area contributed by atoms with Gasteiger partial charge >= 0.3 is 5.97 Å². The normalized spacial score (nSPS) is 10.5. The molecule has 0 aliphatic rings. The van der Waals surface area contributed by atoms with E-state index in [1.165, 1.54) is 48.7 Å². The maximum Gasteiger partial charge on any atom is 0.336 e. The monoisotopic (exact) mass is 311 g/mol. The van der Waals surface area contributed by atoms with Crippen molar-refractivity contribution in [2.75, 3.05) is 0 Å². The first-order chi connectivity index (χ1) is 11.1. The molecule has 0 spiro atoms. The molecule has 2 aromatic carbocycles. The molecule has 0 aliphatic heterocycles. The zero-order valence-corrected chi connectivity index (χ0v) is 11.8. The number of pyridine rings is 1. The number of hydrogen-bond acceptors (Lipinski definition) is 2. The standard InChI is InChI=1S/C18H11F2NO2/c19-14-7-3-1-5-11(14)16-13(18(22)23)9-10-21-17(16)12-6-2-4-8-15(12)20/h1-10H,(H,22,23). The van der Waals surface area contributed by atoms with Crippen LogP contribution in [0.1, 0.15) is 10.4 Å². The zero-order chi connectivity index (χ0) is 16.4. The molecule has 1 heterocycles. The molecule has 1 aromatic heterocycles. The molecule has 0 atom stereocenters. The molecule has 3 nitrogen and oxygen atoms in total. The van der Waals surface area contributed by atoms with Crippen molar-refractivity contribution >= 4 is 5.97 Å². The molecule has 0 amide bonds. The quantitative estimate of drug-likeness (QED) is 0.780. The molecule has 3 rings (SSSR count). The molecule has 0 saturated heterocycles. The zero-order valence-electron chi connectivity index (χ0n) is 11.8. The van der Waals surface area contributed by atoms with Gasteiger partial charge in [0.2, 0.25) is 0 Å². The number of rotatable bonds is 3. The molecule has 23 heavy (non-hydrogen) atoms. The molecule has 0 bridgehead atoms. The fourth-order valence-electron chi connectivity index (χ4n) is 2.43. The Bertz CT molecular complexity index is 894. The predicted octanol–water partition coefficient (Wildman–Crippen LogP) is 4.39. The molecule has 0 fully saturated rings. The number of hydrogen-bond donors (Lipinski definition) is 1. The van der Waals surface area contributed by atoms with Crippen LogP contribution in [0.4, 0.5) is 8.78 Å². The van der Waals surface area contributed by atoms with E-state index in [-0.39, 0.29) is 27.9 Å². The van der Waals surface area contributed by atoms with Crippen LogP contribution in [0.2, 0.25) is 0 Å². The lowest BCUT2D eigenvalue weighted by Gasteiger charge is -2.13. The highest BCUT2D eigenvalue weighted by molar-refractivity contribution is 6.00. The van der Waals surface area contributed by atoms with Crippen molar-refractivity contribution in [1.29, 1.82) is 0 Å². The fraction of sp³-hybridized carbons (Fsp3) is 0. The van der Waals surface area contributed by atoms with E-state index in [9.17, 15) is 18.7 Å². The molecule has 0 saturated carbocycles. The van der Waals surface area contributed by atoms with E-state index in [4.69, 9.17) is 0 Å². The second-order valence-corrected chi connectivity index (χ2v) is 4.85. The molecule has 0 unspecified atom stereocenters. The first kappa shape index (κ1) is 14.8. The van der Waals surface area contributed by atoms with Gasteiger partial charge in [0.25, 0.3) is 0 Å². The van der Waals surface area contributed by atoms with Crippen molar-refractivity contribution in [2.24, 2.45) is 0 Å². The van der Waals surface area contributed by atoms with Gasteiger partial charge in [-0.05, 0) is 24.3 Å². The van der Waals surface area contributed by atoms with Crippen LogP contribution < -0.4 is 0 Å². The highest BCUT2D eigenvalue weighted by Gasteiger charge is 2.21. The second kappa shape index (κ2) is 5.96. The number of carboxylic acids is 1. The van der Waals surface area contributed by atoms with Gasteiger partial charge in [-0.1, -0.05) is 30.3 Å². The molecule has 5 heteroatoms. The Kier molecular flexibility index (Phi) is 3.85. The van der Waals surface area contributed by atoms with E-state index in [2.05, 4.69) is 4.98 Å². The van der Waals surface area contributed by atoms with Gasteiger partial charge in [-0.3, -0.25) is 4.98 Å². The Morgan fingerprint density at radius 1 is 0.870 bits per heavy atom. The average molecular weight is 311 g/mol. The summed E-state index contributed by atoms with van der Waals surface area (Å²) < 4.78 is 28.3. The minimum atomic E-state index is -1.23. The van der Waals surface area contributed by atoms with Crippen molar-refractivity contribution < 1.29 is 18.7 Å². The molecular weight excluding hydrogens is 300 g/mol. The molecule has 0 radical (unpaired) electrons. The Morgan fingerprint density at radius 2 is 1.43 bits per heavy atom. The maximum atomic E-state index is 14.2. The Balaban J connectivity index is 2.39. The largest absolute Gasteiger partial charge is 0.478 e. The van der Waals surface area contributed by atoms with Crippen molar-refractivity contribution in [3.05, 3.63) is 78.0 Å². The van der Waals surface area contributed by atoms with Gasteiger partial charge in [-0.15, -0.1) is 0 Å². The number of benzene rings is 2. The van der Waals surface area contributed by atoms with Crippen molar-refractivity contribution in [1.82, 2.24) is 4.98 Å². The van der Waals surface area contributed by atoms with E-state index in [1.807, 2.05) is 0 Å². The van der Waals surface area contributed by atoms with Crippen LogP contribution in [-0.4, -0.2) is 16.1 Å². The van der Waals surface area contributed by atoms with E-state index in [1.54, 1.807) is 12.1 Å². The van der Waals surface area contributed by atoms with Gasteiger partial charge < -0.3 is 5.11 Å². The van der Waals surface area contributed by atoms with Gasteiger partial charge in [-0.25, -0.2) is 13.6 Å². The number of halogens is 2. The average Bonchev–Trinajstić information content (AvgIpc) is 2.55. The van der Waals surface area contributed by atoms with E-state index < -0.39 is 17.6 Å². The van der Waals surface area contributed by atoms with Crippen LogP contribution in [0.3, 0.4) is 0 Å². The van der Waals surface area contributed by atoms with E-state index >= 15 is 0 Å². The van der Waals surface area contributed by atoms with Crippen molar-refractivity contribution in [3.8, 4) is 22.4 Å². The van der Waals surface area contributed by atoms with Gasteiger partial charge in [0.05, 0.1) is 11.3 Å². The first-order valence-electron chi connectivity index (χ1n) is 6.81. The highest BCUT2D eigenvalue weighted by atomic mass is 19.1. The summed E-state index contributed by atoms with van der Waals surface area (Å²) in [5, 5.41) is 9.41. The molecular formula is C18H11F2NO2. The van der Waals surface area contributed by atoms with Gasteiger partial charge in [0.1, 0.15) is 11.6 Å². The minimum Gasteiger partial charge on any atom is -0.478 e. The van der Waals surface area contributed by atoms with Crippen LogP contribution in [0, 0.1) is 11.6 Å². The third-order valence-corrected chi connectivity index (χ3v) is 3.45. The predicted molar refractivity (Wildman–Crippen MR) is 82.0 cm³/mol. The van der Waals surface area contributed by atoms with Crippen molar-refractivity contribution in [3.63, 3.8) is 0 Å². The van der Waals surface area contributed by atoms with E-state index in [0.29, 0.717) is 0 Å². The van der Waals surface area contributed by atoms with Crippen molar-refractivity contribution in [2.45, 2.75) is 0 Å². The number of aromatic nitrogens is 1. The summed E-state index contributed by atoms with van der Waals surface area (Å²) in [6, 6.07) is 12.9. The minimum absolute atomic E-state index is 0.0585. The van der Waals surface area contributed by atoms with Gasteiger partial charge in [0, 0.05) is 22.9 Å². The Morgan fingerprint density at radius 3 is 2.00 bits per heavy atom. The number of carbonyl (C=O) groups is 1. The summed E-state index contributed by atoms with van der Waals surface area (Å²) >= 11 is 0. The molecule has 114 valence electrons. The third-order valence-electron chi connectivity index (χ3n) is 3.45. The first-order valence-corrected chi connectivity index (χ1v) is 6.81. The Labute approximate surface area is 130 Å². The van der Waals surface area contributed by atoms with Crippen LogP contribution in [0.15, 0.2) is 60.8 Å². The topological polar surface area (TPSA) is 50.2 Å². The van der Waals surface area contributed by atoms with Crippen LogP contribution in [0.5, 0.6) is 0 Å². The fourth-order valence-corrected chi connectivity index (χ4v) is 2.43. The molecule has 3 aromatic rings. The lowest BCUT2D eigenvalue weighted by molar-refractivity contribution is 0.0697. The number of aromatic carboxylic acids is 1.